The molecule has 1 aliphatic heterocycles. The van der Waals surface area contributed by atoms with E-state index in [-0.39, 0.29) is 0 Å². The van der Waals surface area contributed by atoms with Crippen molar-refractivity contribution in [2.75, 3.05) is 23.1 Å². The van der Waals surface area contributed by atoms with E-state index in [0.29, 0.717) is 17.7 Å². The van der Waals surface area contributed by atoms with Gasteiger partial charge in [0.05, 0.1) is 5.69 Å². The number of rotatable bonds is 2. The zero-order valence-corrected chi connectivity index (χ0v) is 11.6. The Morgan fingerprint density at radius 1 is 1.11 bits per heavy atom. The molecule has 2 heterocycles. The summed E-state index contributed by atoms with van der Waals surface area (Å²) in [6.45, 7) is 0. The molecule has 0 radical (unpaired) electrons. The van der Waals surface area contributed by atoms with Crippen molar-refractivity contribution in [3.05, 3.63) is 11.5 Å². The maximum Gasteiger partial charge on any atom is 0.146 e. The molecule has 100 valence electrons. The van der Waals surface area contributed by atoms with E-state index < -0.39 is 0 Å². The SMILES string of the molecule is Nc1c(C2CCSC2)nc(C2CCCCC2)n1N. The van der Waals surface area contributed by atoms with E-state index >= 15 is 0 Å². The fourth-order valence-corrected chi connectivity index (χ4v) is 4.41. The first-order valence-electron chi connectivity index (χ1n) is 6.98. The third-order valence-electron chi connectivity index (χ3n) is 4.29. The van der Waals surface area contributed by atoms with Crippen molar-refractivity contribution in [3.8, 4) is 0 Å². The van der Waals surface area contributed by atoms with Gasteiger partial charge in [0.25, 0.3) is 0 Å². The second-order valence-corrected chi connectivity index (χ2v) is 6.66. The molecule has 1 aromatic rings. The number of anilines is 1. The molecular weight excluding hydrogens is 244 g/mol. The minimum absolute atomic E-state index is 0.516. The van der Waals surface area contributed by atoms with Crippen LogP contribution in [0.2, 0.25) is 0 Å². The molecule has 1 saturated carbocycles. The van der Waals surface area contributed by atoms with Crippen LogP contribution >= 0.6 is 11.8 Å². The van der Waals surface area contributed by atoms with E-state index in [4.69, 9.17) is 16.6 Å². The average Bonchev–Trinajstić information content (AvgIpc) is 3.01. The van der Waals surface area contributed by atoms with Crippen LogP contribution in [0.3, 0.4) is 0 Å². The van der Waals surface area contributed by atoms with Gasteiger partial charge in [-0.1, -0.05) is 19.3 Å². The summed E-state index contributed by atoms with van der Waals surface area (Å²) in [4.78, 5) is 4.81. The van der Waals surface area contributed by atoms with Gasteiger partial charge in [-0.3, -0.25) is 0 Å². The zero-order valence-electron chi connectivity index (χ0n) is 10.8. The number of aromatic nitrogens is 2. The van der Waals surface area contributed by atoms with Crippen LogP contribution in [-0.4, -0.2) is 21.2 Å². The highest BCUT2D eigenvalue weighted by atomic mass is 32.2. The van der Waals surface area contributed by atoms with Crippen LogP contribution in [0.5, 0.6) is 0 Å². The number of hydrogen-bond donors (Lipinski definition) is 2. The number of thioether (sulfide) groups is 1. The average molecular weight is 266 g/mol. The molecule has 4 nitrogen and oxygen atoms in total. The smallest absolute Gasteiger partial charge is 0.146 e. The molecule has 1 aromatic heterocycles. The van der Waals surface area contributed by atoms with Gasteiger partial charge < -0.3 is 11.6 Å². The highest BCUT2D eigenvalue weighted by Gasteiger charge is 2.28. The summed E-state index contributed by atoms with van der Waals surface area (Å²) in [7, 11) is 0. The maximum atomic E-state index is 6.16. The molecule has 0 bridgehead atoms. The molecule has 18 heavy (non-hydrogen) atoms. The van der Waals surface area contributed by atoms with E-state index in [2.05, 4.69) is 0 Å². The molecule has 1 aliphatic carbocycles. The fraction of sp³-hybridized carbons (Fsp3) is 0.769. The molecular formula is C13H22N4S. The van der Waals surface area contributed by atoms with E-state index in [9.17, 15) is 0 Å². The van der Waals surface area contributed by atoms with Crippen LogP contribution in [0.25, 0.3) is 0 Å². The fourth-order valence-electron chi connectivity index (χ4n) is 3.18. The standard InChI is InChI=1S/C13H22N4S/c14-12-11(10-6-7-18-8-10)16-13(17(12)15)9-4-2-1-3-5-9/h9-10H,1-8,14-15H2. The van der Waals surface area contributed by atoms with Crippen LogP contribution in [0, 0.1) is 0 Å². The van der Waals surface area contributed by atoms with Gasteiger partial charge in [0.1, 0.15) is 11.6 Å². The third-order valence-corrected chi connectivity index (χ3v) is 5.45. The van der Waals surface area contributed by atoms with Crippen LogP contribution in [0.1, 0.15) is 61.9 Å². The molecule has 2 fully saturated rings. The molecule has 1 atom stereocenters. The molecule has 0 aromatic carbocycles. The first-order valence-corrected chi connectivity index (χ1v) is 8.13. The zero-order chi connectivity index (χ0) is 12.5. The number of hydrogen-bond acceptors (Lipinski definition) is 4. The van der Waals surface area contributed by atoms with E-state index in [1.165, 1.54) is 44.3 Å². The first kappa shape index (κ1) is 12.2. The van der Waals surface area contributed by atoms with Crippen molar-refractivity contribution >= 4 is 17.6 Å². The summed E-state index contributed by atoms with van der Waals surface area (Å²) < 4.78 is 1.66. The lowest BCUT2D eigenvalue weighted by atomic mass is 9.89. The van der Waals surface area contributed by atoms with E-state index in [0.717, 1.165) is 17.3 Å². The Labute approximate surface area is 112 Å². The summed E-state index contributed by atoms with van der Waals surface area (Å²) in [5.74, 6) is 11.3. The molecule has 1 unspecified atom stereocenters. The van der Waals surface area contributed by atoms with Gasteiger partial charge in [0.2, 0.25) is 0 Å². The Bertz CT molecular complexity index is 417. The van der Waals surface area contributed by atoms with Gasteiger partial charge in [-0.15, -0.1) is 0 Å². The monoisotopic (exact) mass is 266 g/mol. The summed E-state index contributed by atoms with van der Waals surface area (Å²) in [5.41, 5.74) is 7.21. The normalized spacial score (nSPS) is 25.7. The van der Waals surface area contributed by atoms with Gasteiger partial charge in [-0.05, 0) is 25.0 Å². The van der Waals surface area contributed by atoms with Crippen molar-refractivity contribution in [1.29, 1.82) is 0 Å². The number of nitrogens with two attached hydrogens (primary N) is 2. The molecule has 5 heteroatoms. The molecule has 2 aliphatic rings. The lowest BCUT2D eigenvalue weighted by Crippen LogP contribution is -2.19. The number of imidazole rings is 1. The van der Waals surface area contributed by atoms with Crippen LogP contribution in [0.4, 0.5) is 5.82 Å². The Hall–Kier alpha value is -0.840. The lowest BCUT2D eigenvalue weighted by molar-refractivity contribution is 0.423. The third kappa shape index (κ3) is 2.09. The van der Waals surface area contributed by atoms with Crippen LogP contribution in [-0.2, 0) is 0 Å². The Balaban J connectivity index is 1.88. The highest BCUT2D eigenvalue weighted by Crippen LogP contribution is 2.38. The lowest BCUT2D eigenvalue weighted by Gasteiger charge is -2.20. The van der Waals surface area contributed by atoms with Crippen molar-refractivity contribution in [2.24, 2.45) is 0 Å². The van der Waals surface area contributed by atoms with E-state index in [1.54, 1.807) is 4.68 Å². The summed E-state index contributed by atoms with van der Waals surface area (Å²) >= 11 is 1.99. The second-order valence-electron chi connectivity index (χ2n) is 5.51. The minimum atomic E-state index is 0.516. The molecule has 0 amide bonds. The van der Waals surface area contributed by atoms with E-state index in [1.807, 2.05) is 11.8 Å². The first-order chi connectivity index (χ1) is 8.77. The molecule has 1 saturated heterocycles. The molecule has 3 rings (SSSR count). The van der Waals surface area contributed by atoms with Gasteiger partial charge in [0, 0.05) is 17.6 Å². The Kier molecular flexibility index (Phi) is 3.41. The highest BCUT2D eigenvalue weighted by molar-refractivity contribution is 7.99. The van der Waals surface area contributed by atoms with Crippen molar-refractivity contribution in [2.45, 2.75) is 50.4 Å². The Morgan fingerprint density at radius 2 is 1.89 bits per heavy atom. The predicted molar refractivity (Wildman–Crippen MR) is 77.3 cm³/mol. The van der Waals surface area contributed by atoms with Gasteiger partial charge in [-0.2, -0.15) is 11.8 Å². The van der Waals surface area contributed by atoms with Crippen molar-refractivity contribution in [1.82, 2.24) is 9.66 Å². The second kappa shape index (κ2) is 5.03. The summed E-state index contributed by atoms with van der Waals surface area (Å²) in [5, 5.41) is 0. The summed E-state index contributed by atoms with van der Waals surface area (Å²) in [6, 6.07) is 0. The predicted octanol–water partition coefficient (Wildman–Crippen LogP) is 2.45. The van der Waals surface area contributed by atoms with Gasteiger partial charge in [0.15, 0.2) is 0 Å². The maximum absolute atomic E-state index is 6.16. The summed E-state index contributed by atoms with van der Waals surface area (Å²) in [6.07, 6.45) is 7.57. The van der Waals surface area contributed by atoms with Gasteiger partial charge in [-0.25, -0.2) is 9.66 Å². The Morgan fingerprint density at radius 3 is 2.56 bits per heavy atom. The van der Waals surface area contributed by atoms with Crippen LogP contribution < -0.4 is 11.6 Å². The largest absolute Gasteiger partial charge is 0.382 e. The van der Waals surface area contributed by atoms with Crippen molar-refractivity contribution in [3.63, 3.8) is 0 Å². The van der Waals surface area contributed by atoms with Gasteiger partial charge >= 0.3 is 0 Å². The molecule has 4 N–H and O–H groups in total. The number of nitrogen functional groups attached to an aromatic ring is 2. The molecule has 0 spiro atoms. The topological polar surface area (TPSA) is 69.9 Å². The van der Waals surface area contributed by atoms with Crippen LogP contribution in [0.15, 0.2) is 0 Å². The van der Waals surface area contributed by atoms with Crippen molar-refractivity contribution < 1.29 is 0 Å². The quantitative estimate of drug-likeness (QED) is 0.807. The minimum Gasteiger partial charge on any atom is -0.382 e. The number of nitrogens with zero attached hydrogens (tertiary/aromatic N) is 2.